The third-order valence-corrected chi connectivity index (χ3v) is 4.45. The summed E-state index contributed by atoms with van der Waals surface area (Å²) in [5.41, 5.74) is 1.48. The van der Waals surface area contributed by atoms with Crippen LogP contribution in [0.5, 0.6) is 5.75 Å². The highest BCUT2D eigenvalue weighted by molar-refractivity contribution is 9.10. The molecule has 3 heteroatoms. The van der Waals surface area contributed by atoms with Crippen LogP contribution >= 0.6 is 15.9 Å². The highest BCUT2D eigenvalue weighted by Crippen LogP contribution is 2.42. The first-order valence-corrected chi connectivity index (χ1v) is 6.82. The Balaban J connectivity index is 2.17. The Morgan fingerprint density at radius 3 is 2.88 bits per heavy atom. The van der Waals surface area contributed by atoms with Crippen molar-refractivity contribution in [3.05, 3.63) is 28.2 Å². The molecule has 0 amide bonds. The van der Waals surface area contributed by atoms with Gasteiger partial charge in [0.25, 0.3) is 0 Å². The zero-order valence-electron chi connectivity index (χ0n) is 10.4. The van der Waals surface area contributed by atoms with E-state index in [1.54, 1.807) is 7.11 Å². The quantitative estimate of drug-likeness (QED) is 0.925. The summed E-state index contributed by atoms with van der Waals surface area (Å²) in [7, 11) is 1.69. The zero-order valence-corrected chi connectivity index (χ0v) is 12.0. The van der Waals surface area contributed by atoms with Crippen LogP contribution in [0.1, 0.15) is 31.7 Å². The molecule has 17 heavy (non-hydrogen) atoms. The van der Waals surface area contributed by atoms with Crippen molar-refractivity contribution in [1.82, 2.24) is 0 Å². The van der Waals surface area contributed by atoms with Crippen molar-refractivity contribution in [2.24, 2.45) is 5.41 Å². The molecule has 0 aromatic heterocycles. The van der Waals surface area contributed by atoms with E-state index in [2.05, 4.69) is 28.9 Å². The fraction of sp³-hybridized carbons (Fsp3) is 0.571. The molecule has 0 radical (unpaired) electrons. The monoisotopic (exact) mass is 298 g/mol. The molecule has 0 aliphatic heterocycles. The Bertz CT molecular complexity index is 405. The van der Waals surface area contributed by atoms with E-state index in [-0.39, 0.29) is 11.5 Å². The van der Waals surface area contributed by atoms with Crippen molar-refractivity contribution in [1.29, 1.82) is 0 Å². The minimum absolute atomic E-state index is 0.121. The molecule has 1 fully saturated rings. The second-order valence-corrected chi connectivity index (χ2v) is 6.20. The maximum Gasteiger partial charge on any atom is 0.119 e. The summed E-state index contributed by atoms with van der Waals surface area (Å²) in [5, 5.41) is 9.68. The Kier molecular flexibility index (Phi) is 3.79. The van der Waals surface area contributed by atoms with E-state index in [0.717, 1.165) is 35.9 Å². The maximum atomic E-state index is 9.68. The van der Waals surface area contributed by atoms with Crippen LogP contribution in [0, 0.1) is 5.41 Å². The number of halogens is 1. The summed E-state index contributed by atoms with van der Waals surface area (Å²) in [6.07, 6.45) is 3.79. The molecule has 0 spiro atoms. The number of rotatable bonds is 3. The predicted molar refractivity (Wildman–Crippen MR) is 72.4 cm³/mol. The van der Waals surface area contributed by atoms with Crippen molar-refractivity contribution in [2.75, 3.05) is 7.11 Å². The summed E-state index contributed by atoms with van der Waals surface area (Å²) in [6, 6.07) is 6.07. The number of aliphatic hydroxyl groups excluding tert-OH is 1. The first-order valence-electron chi connectivity index (χ1n) is 6.03. The number of aliphatic hydroxyl groups is 1. The van der Waals surface area contributed by atoms with Crippen molar-refractivity contribution in [3.63, 3.8) is 0 Å². The van der Waals surface area contributed by atoms with Crippen LogP contribution in [0.2, 0.25) is 0 Å². The lowest BCUT2D eigenvalue weighted by Crippen LogP contribution is -2.17. The topological polar surface area (TPSA) is 29.5 Å². The van der Waals surface area contributed by atoms with Crippen molar-refractivity contribution in [3.8, 4) is 5.75 Å². The average molecular weight is 299 g/mol. The largest absolute Gasteiger partial charge is 0.497 e. The van der Waals surface area contributed by atoms with Crippen molar-refractivity contribution >= 4 is 15.9 Å². The first kappa shape index (κ1) is 12.9. The normalized spacial score (nSPS) is 28.4. The van der Waals surface area contributed by atoms with Gasteiger partial charge in [0.1, 0.15) is 5.75 Å². The molecular weight excluding hydrogens is 280 g/mol. The molecule has 2 unspecified atom stereocenters. The van der Waals surface area contributed by atoms with Gasteiger partial charge in [-0.15, -0.1) is 0 Å². The van der Waals surface area contributed by atoms with E-state index in [1.165, 1.54) is 5.56 Å². The molecule has 2 rings (SSSR count). The fourth-order valence-electron chi connectivity index (χ4n) is 2.72. The number of hydrogen-bond acceptors (Lipinski definition) is 2. The van der Waals surface area contributed by atoms with Gasteiger partial charge < -0.3 is 9.84 Å². The van der Waals surface area contributed by atoms with E-state index in [0.29, 0.717) is 0 Å². The number of benzene rings is 1. The summed E-state index contributed by atoms with van der Waals surface area (Å²) >= 11 is 3.59. The third-order valence-electron chi connectivity index (χ3n) is 3.68. The van der Waals surface area contributed by atoms with Gasteiger partial charge in [-0.25, -0.2) is 0 Å². The van der Waals surface area contributed by atoms with Gasteiger partial charge in [-0.05, 0) is 54.9 Å². The summed E-state index contributed by atoms with van der Waals surface area (Å²) < 4.78 is 6.38. The van der Waals surface area contributed by atoms with Gasteiger partial charge in [-0.3, -0.25) is 0 Å². The van der Waals surface area contributed by atoms with Crippen LogP contribution in [0.4, 0.5) is 0 Å². The second kappa shape index (κ2) is 4.99. The van der Waals surface area contributed by atoms with Crippen LogP contribution in [0.25, 0.3) is 0 Å². The minimum Gasteiger partial charge on any atom is -0.497 e. The van der Waals surface area contributed by atoms with Gasteiger partial charge in [0.05, 0.1) is 13.2 Å². The van der Waals surface area contributed by atoms with Crippen molar-refractivity contribution in [2.45, 2.75) is 38.7 Å². The molecule has 1 aliphatic carbocycles. The summed E-state index contributed by atoms with van der Waals surface area (Å²) in [4.78, 5) is 0. The molecule has 1 aliphatic rings. The highest BCUT2D eigenvalue weighted by atomic mass is 79.9. The van der Waals surface area contributed by atoms with E-state index < -0.39 is 0 Å². The molecule has 0 heterocycles. The molecule has 2 nitrogen and oxygen atoms in total. The Morgan fingerprint density at radius 2 is 2.29 bits per heavy atom. The van der Waals surface area contributed by atoms with Crippen LogP contribution in [0.3, 0.4) is 0 Å². The Morgan fingerprint density at radius 1 is 1.53 bits per heavy atom. The standard InChI is InChI=1S/C14H19BrO2/c1-14(6-5-11(16)9-14)8-10-7-12(17-2)3-4-13(10)15/h3-4,7,11,16H,5-6,8-9H2,1-2H3. The van der Waals surface area contributed by atoms with Gasteiger partial charge in [-0.1, -0.05) is 22.9 Å². The summed E-state index contributed by atoms with van der Waals surface area (Å²) in [5.74, 6) is 0.894. The number of hydrogen-bond donors (Lipinski definition) is 1. The van der Waals surface area contributed by atoms with Gasteiger partial charge in [0.2, 0.25) is 0 Å². The Hall–Kier alpha value is -0.540. The molecule has 1 aromatic carbocycles. The zero-order chi connectivity index (χ0) is 12.5. The van der Waals surface area contributed by atoms with Gasteiger partial charge in [0.15, 0.2) is 0 Å². The molecule has 1 aromatic rings. The molecule has 0 bridgehead atoms. The predicted octanol–water partition coefficient (Wildman–Crippen LogP) is 3.55. The highest BCUT2D eigenvalue weighted by Gasteiger charge is 2.34. The summed E-state index contributed by atoms with van der Waals surface area (Å²) in [6.45, 7) is 2.26. The number of methoxy groups -OCH3 is 1. The van der Waals surface area contributed by atoms with Crippen LogP contribution in [-0.2, 0) is 6.42 Å². The van der Waals surface area contributed by atoms with Crippen LogP contribution in [0.15, 0.2) is 22.7 Å². The lowest BCUT2D eigenvalue weighted by atomic mass is 9.82. The molecular formula is C14H19BrO2. The maximum absolute atomic E-state index is 9.68. The fourth-order valence-corrected chi connectivity index (χ4v) is 3.11. The van der Waals surface area contributed by atoms with Crippen LogP contribution in [-0.4, -0.2) is 18.3 Å². The van der Waals surface area contributed by atoms with Gasteiger partial charge in [-0.2, -0.15) is 0 Å². The minimum atomic E-state index is -0.121. The van der Waals surface area contributed by atoms with E-state index in [1.807, 2.05) is 12.1 Å². The van der Waals surface area contributed by atoms with E-state index in [9.17, 15) is 5.11 Å². The molecule has 1 N–H and O–H groups in total. The lowest BCUT2D eigenvalue weighted by molar-refractivity contribution is 0.163. The smallest absolute Gasteiger partial charge is 0.119 e. The van der Waals surface area contributed by atoms with E-state index >= 15 is 0 Å². The average Bonchev–Trinajstić information content (AvgIpc) is 2.62. The molecule has 2 atom stereocenters. The molecule has 1 saturated carbocycles. The van der Waals surface area contributed by atoms with Gasteiger partial charge in [0, 0.05) is 4.47 Å². The third kappa shape index (κ3) is 3.02. The Labute approximate surface area is 111 Å². The molecule has 94 valence electrons. The first-order chi connectivity index (χ1) is 8.02. The second-order valence-electron chi connectivity index (χ2n) is 5.34. The molecule has 0 saturated heterocycles. The van der Waals surface area contributed by atoms with E-state index in [4.69, 9.17) is 4.74 Å². The van der Waals surface area contributed by atoms with Crippen LogP contribution < -0.4 is 4.74 Å². The lowest BCUT2D eigenvalue weighted by Gasteiger charge is -2.24. The number of ether oxygens (including phenoxy) is 1. The van der Waals surface area contributed by atoms with Gasteiger partial charge >= 0.3 is 0 Å². The van der Waals surface area contributed by atoms with Crippen molar-refractivity contribution < 1.29 is 9.84 Å². The SMILES string of the molecule is COc1ccc(Br)c(CC2(C)CCC(O)C2)c1.